The first-order valence-electron chi connectivity index (χ1n) is 7.69. The molecule has 1 aromatic carbocycles. The number of aryl methyl sites for hydroxylation is 1. The predicted molar refractivity (Wildman–Crippen MR) is 86.7 cm³/mol. The zero-order valence-corrected chi connectivity index (χ0v) is 13.0. The summed E-state index contributed by atoms with van der Waals surface area (Å²) in [5.41, 5.74) is 1.24. The molecular weight excluding hydrogens is 244 g/mol. The molecule has 0 N–H and O–H groups in total. The van der Waals surface area contributed by atoms with Crippen molar-refractivity contribution >= 4 is 0 Å². The maximum atomic E-state index is 5.88. The third-order valence-electron chi connectivity index (χ3n) is 3.00. The molecule has 0 spiro atoms. The van der Waals surface area contributed by atoms with E-state index in [-0.39, 0.29) is 0 Å². The summed E-state index contributed by atoms with van der Waals surface area (Å²) in [5, 5.41) is 0. The van der Waals surface area contributed by atoms with Crippen LogP contribution in [-0.4, -0.2) is 0 Å². The molecule has 20 heavy (non-hydrogen) atoms. The lowest BCUT2D eigenvalue weighted by atomic mass is 10.2. The third-order valence-corrected chi connectivity index (χ3v) is 3.00. The number of hydrogen-bond acceptors (Lipinski definition) is 1. The van der Waals surface area contributed by atoms with Crippen molar-refractivity contribution in [3.05, 3.63) is 41.7 Å². The van der Waals surface area contributed by atoms with E-state index in [0.717, 1.165) is 30.8 Å². The van der Waals surface area contributed by atoms with Crippen molar-refractivity contribution in [1.29, 1.82) is 0 Å². The minimum absolute atomic E-state index is 0.790. The summed E-state index contributed by atoms with van der Waals surface area (Å²) in [6.07, 6.45) is 8.79. The lowest BCUT2D eigenvalue weighted by molar-refractivity contribution is 0.446. The van der Waals surface area contributed by atoms with E-state index in [4.69, 9.17) is 4.74 Å². The molecule has 108 valence electrons. The number of allylic oxidation sites excluding steroid dienone is 2. The van der Waals surface area contributed by atoms with Crippen LogP contribution in [0.1, 0.15) is 57.9 Å². The molecule has 0 aliphatic rings. The van der Waals surface area contributed by atoms with Gasteiger partial charge in [-0.2, -0.15) is 0 Å². The van der Waals surface area contributed by atoms with E-state index in [9.17, 15) is 0 Å². The molecular formula is C19H26O. The van der Waals surface area contributed by atoms with Gasteiger partial charge in [-0.15, -0.1) is 0 Å². The highest BCUT2D eigenvalue weighted by atomic mass is 16.5. The Morgan fingerprint density at radius 2 is 1.80 bits per heavy atom. The highest BCUT2D eigenvalue weighted by Gasteiger charge is 1.97. The maximum Gasteiger partial charge on any atom is 0.173 e. The Labute approximate surface area is 124 Å². The first-order valence-corrected chi connectivity index (χ1v) is 7.69. The van der Waals surface area contributed by atoms with Crippen LogP contribution in [0.15, 0.2) is 36.1 Å². The minimum Gasteiger partial charge on any atom is -0.449 e. The van der Waals surface area contributed by atoms with Gasteiger partial charge in [0.05, 0.1) is 0 Å². The van der Waals surface area contributed by atoms with Gasteiger partial charge in [0.1, 0.15) is 5.75 Å². The zero-order valence-electron chi connectivity index (χ0n) is 13.0. The molecule has 1 nitrogen and oxygen atoms in total. The molecule has 0 bridgehead atoms. The Balaban J connectivity index is 2.67. The lowest BCUT2D eigenvalue weighted by Crippen LogP contribution is -1.93. The third kappa shape index (κ3) is 7.04. The van der Waals surface area contributed by atoms with Crippen LogP contribution in [0.4, 0.5) is 0 Å². The van der Waals surface area contributed by atoms with E-state index in [1.165, 1.54) is 24.8 Å². The number of ether oxygens (including phenoxy) is 1. The molecule has 0 fully saturated rings. The molecule has 1 aromatic rings. The van der Waals surface area contributed by atoms with Gasteiger partial charge in [0.25, 0.3) is 0 Å². The molecule has 0 aliphatic carbocycles. The average Bonchev–Trinajstić information content (AvgIpc) is 2.46. The quantitative estimate of drug-likeness (QED) is 0.354. The van der Waals surface area contributed by atoms with Crippen LogP contribution in [0.5, 0.6) is 5.75 Å². The van der Waals surface area contributed by atoms with Gasteiger partial charge in [0, 0.05) is 6.42 Å². The second kappa shape index (κ2) is 10.1. The molecule has 0 aliphatic heterocycles. The standard InChI is InChI=1S/C19H26O/c1-4-6-8-10-12-18(11-9-7-5-2)20-19-15-13-17(3)14-16-19/h11,13-16H,4-9H2,1-3H3/b18-11-. The highest BCUT2D eigenvalue weighted by molar-refractivity contribution is 5.32. The van der Waals surface area contributed by atoms with Crippen LogP contribution in [0.3, 0.4) is 0 Å². The molecule has 0 radical (unpaired) electrons. The summed E-state index contributed by atoms with van der Waals surface area (Å²) in [4.78, 5) is 0. The average molecular weight is 270 g/mol. The second-order valence-corrected chi connectivity index (χ2v) is 5.03. The summed E-state index contributed by atoms with van der Waals surface area (Å²) in [6, 6.07) is 8.11. The van der Waals surface area contributed by atoms with Gasteiger partial charge in [-0.3, -0.25) is 0 Å². The second-order valence-electron chi connectivity index (χ2n) is 5.03. The monoisotopic (exact) mass is 270 g/mol. The Morgan fingerprint density at radius 1 is 1.10 bits per heavy atom. The van der Waals surface area contributed by atoms with Crippen molar-refractivity contribution in [3.8, 4) is 17.6 Å². The van der Waals surface area contributed by atoms with Crippen molar-refractivity contribution in [2.45, 2.75) is 59.3 Å². The largest absolute Gasteiger partial charge is 0.449 e. The van der Waals surface area contributed by atoms with Crippen molar-refractivity contribution in [1.82, 2.24) is 0 Å². The Morgan fingerprint density at radius 3 is 2.45 bits per heavy atom. The number of rotatable bonds is 7. The van der Waals surface area contributed by atoms with Gasteiger partial charge < -0.3 is 4.74 Å². The van der Waals surface area contributed by atoms with Gasteiger partial charge in [0.2, 0.25) is 0 Å². The molecule has 0 aromatic heterocycles. The zero-order chi connectivity index (χ0) is 14.6. The SMILES string of the molecule is CCCCC#C/C(=C/CCCC)Oc1ccc(C)cc1. The van der Waals surface area contributed by atoms with E-state index in [0.29, 0.717) is 0 Å². The summed E-state index contributed by atoms with van der Waals surface area (Å²) >= 11 is 0. The molecule has 1 rings (SSSR count). The normalized spacial score (nSPS) is 10.8. The van der Waals surface area contributed by atoms with Crippen LogP contribution >= 0.6 is 0 Å². The Kier molecular flexibility index (Phi) is 8.31. The van der Waals surface area contributed by atoms with Crippen molar-refractivity contribution < 1.29 is 4.74 Å². The van der Waals surface area contributed by atoms with E-state index in [2.05, 4.69) is 50.8 Å². The number of hydrogen-bond donors (Lipinski definition) is 0. The van der Waals surface area contributed by atoms with Crippen molar-refractivity contribution in [3.63, 3.8) is 0 Å². The van der Waals surface area contributed by atoms with Crippen molar-refractivity contribution in [2.75, 3.05) is 0 Å². The number of unbranched alkanes of at least 4 members (excludes halogenated alkanes) is 4. The van der Waals surface area contributed by atoms with Crippen LogP contribution in [0.2, 0.25) is 0 Å². The van der Waals surface area contributed by atoms with E-state index < -0.39 is 0 Å². The van der Waals surface area contributed by atoms with Gasteiger partial charge in [-0.25, -0.2) is 0 Å². The summed E-state index contributed by atoms with van der Waals surface area (Å²) in [5.74, 6) is 8.02. The first-order chi connectivity index (χ1) is 9.76. The van der Waals surface area contributed by atoms with E-state index >= 15 is 0 Å². The molecule has 0 saturated heterocycles. The topological polar surface area (TPSA) is 9.23 Å². The van der Waals surface area contributed by atoms with Gasteiger partial charge in [0.15, 0.2) is 5.76 Å². The van der Waals surface area contributed by atoms with Crippen LogP contribution in [-0.2, 0) is 0 Å². The van der Waals surface area contributed by atoms with Crippen LogP contribution in [0, 0.1) is 18.8 Å². The molecule has 0 unspecified atom stereocenters. The van der Waals surface area contributed by atoms with E-state index in [1.54, 1.807) is 0 Å². The fourth-order valence-electron chi connectivity index (χ4n) is 1.70. The molecule has 0 heterocycles. The predicted octanol–water partition coefficient (Wildman–Crippen LogP) is 5.64. The van der Waals surface area contributed by atoms with Gasteiger partial charge in [-0.05, 0) is 50.3 Å². The smallest absolute Gasteiger partial charge is 0.173 e. The van der Waals surface area contributed by atoms with Crippen LogP contribution in [0.25, 0.3) is 0 Å². The van der Waals surface area contributed by atoms with Gasteiger partial charge in [-0.1, -0.05) is 50.3 Å². The molecule has 0 amide bonds. The molecule has 1 heteroatoms. The maximum absolute atomic E-state index is 5.88. The Bertz CT molecular complexity index is 457. The Hall–Kier alpha value is -1.68. The fourth-order valence-corrected chi connectivity index (χ4v) is 1.70. The summed E-state index contributed by atoms with van der Waals surface area (Å²) in [7, 11) is 0. The first kappa shape index (κ1) is 16.4. The lowest BCUT2D eigenvalue weighted by Gasteiger charge is -2.05. The van der Waals surface area contributed by atoms with Crippen molar-refractivity contribution in [2.24, 2.45) is 0 Å². The fraction of sp³-hybridized carbons (Fsp3) is 0.474. The number of benzene rings is 1. The van der Waals surface area contributed by atoms with Gasteiger partial charge >= 0.3 is 0 Å². The summed E-state index contributed by atoms with van der Waals surface area (Å²) < 4.78 is 5.88. The van der Waals surface area contributed by atoms with Crippen LogP contribution < -0.4 is 4.74 Å². The molecule has 0 atom stereocenters. The molecule has 0 saturated carbocycles. The van der Waals surface area contributed by atoms with E-state index in [1.807, 2.05) is 12.1 Å². The highest BCUT2D eigenvalue weighted by Crippen LogP contribution is 2.15. The summed E-state index contributed by atoms with van der Waals surface area (Å²) in [6.45, 7) is 6.45. The minimum atomic E-state index is 0.790.